The van der Waals surface area contributed by atoms with Crippen molar-refractivity contribution in [1.82, 2.24) is 19.8 Å². The highest BCUT2D eigenvalue weighted by molar-refractivity contribution is 6.07. The van der Waals surface area contributed by atoms with Crippen LogP contribution in [0.4, 0.5) is 10.7 Å². The Morgan fingerprint density at radius 3 is 2.62 bits per heavy atom. The molecular weight excluding hydrogens is 370 g/mol. The van der Waals surface area contributed by atoms with Crippen molar-refractivity contribution in [3.63, 3.8) is 0 Å². The van der Waals surface area contributed by atoms with Crippen molar-refractivity contribution in [2.24, 2.45) is 7.05 Å². The Balaban J connectivity index is 1.40. The highest BCUT2D eigenvalue weighted by atomic mass is 16.2. The fraction of sp³-hybridized carbons (Fsp3) is 0.429. The smallest absolute Gasteiger partial charge is 0.325 e. The molecule has 152 valence electrons. The van der Waals surface area contributed by atoms with Crippen molar-refractivity contribution >= 4 is 23.8 Å². The van der Waals surface area contributed by atoms with Crippen molar-refractivity contribution in [2.45, 2.75) is 50.6 Å². The Hall–Kier alpha value is -3.16. The van der Waals surface area contributed by atoms with Crippen molar-refractivity contribution in [3.8, 4) is 11.3 Å². The molecule has 4 amide bonds. The zero-order valence-electron chi connectivity index (χ0n) is 16.4. The van der Waals surface area contributed by atoms with Crippen molar-refractivity contribution in [1.29, 1.82) is 0 Å². The van der Waals surface area contributed by atoms with Gasteiger partial charge < -0.3 is 9.88 Å². The summed E-state index contributed by atoms with van der Waals surface area (Å²) >= 11 is 0. The molecule has 1 aromatic heterocycles. The quantitative estimate of drug-likeness (QED) is 0.761. The van der Waals surface area contributed by atoms with E-state index in [0.717, 1.165) is 43.4 Å². The number of anilines is 1. The summed E-state index contributed by atoms with van der Waals surface area (Å²) in [5, 5.41) is 5.41. The Kier molecular flexibility index (Phi) is 5.33. The SMILES string of the molecule is Cn1c(-c2ccccc2)cnc1NC(=O)CC1NC(=O)N(C2CCCCC2)C1=O. The van der Waals surface area contributed by atoms with Gasteiger partial charge in [-0.2, -0.15) is 0 Å². The van der Waals surface area contributed by atoms with Crippen LogP contribution in [-0.2, 0) is 16.6 Å². The summed E-state index contributed by atoms with van der Waals surface area (Å²) in [6.07, 6.45) is 6.45. The lowest BCUT2D eigenvalue weighted by Crippen LogP contribution is -2.42. The highest BCUT2D eigenvalue weighted by Crippen LogP contribution is 2.26. The number of hydrogen-bond donors (Lipinski definition) is 2. The molecule has 1 aliphatic carbocycles. The lowest BCUT2D eigenvalue weighted by Gasteiger charge is -2.28. The molecule has 1 unspecified atom stereocenters. The standard InChI is InChI=1S/C21H25N5O3/c1-25-17(14-8-4-2-5-9-14)13-22-20(25)24-18(27)12-16-19(28)26(21(29)23-16)15-10-6-3-7-11-15/h2,4-5,8-9,13,15-16H,3,6-7,10-12H2,1H3,(H,23,29)(H,22,24,27). The van der Waals surface area contributed by atoms with Crippen LogP contribution in [0, 0.1) is 0 Å². The van der Waals surface area contributed by atoms with Gasteiger partial charge in [0.15, 0.2) is 0 Å². The average Bonchev–Trinajstić information content (AvgIpc) is 3.22. The molecule has 2 N–H and O–H groups in total. The van der Waals surface area contributed by atoms with E-state index in [-0.39, 0.29) is 30.3 Å². The zero-order valence-corrected chi connectivity index (χ0v) is 16.4. The molecule has 2 heterocycles. The molecule has 1 saturated heterocycles. The summed E-state index contributed by atoms with van der Waals surface area (Å²) in [6.45, 7) is 0. The topological polar surface area (TPSA) is 96.3 Å². The summed E-state index contributed by atoms with van der Waals surface area (Å²) in [6, 6.07) is 8.49. The van der Waals surface area contributed by atoms with E-state index in [2.05, 4.69) is 15.6 Å². The number of urea groups is 1. The van der Waals surface area contributed by atoms with E-state index < -0.39 is 6.04 Å². The first kappa shape index (κ1) is 19.2. The third-order valence-corrected chi connectivity index (χ3v) is 5.69. The second-order valence-corrected chi connectivity index (χ2v) is 7.65. The van der Waals surface area contributed by atoms with Crippen molar-refractivity contribution < 1.29 is 14.4 Å². The molecule has 0 radical (unpaired) electrons. The predicted octanol–water partition coefficient (Wildman–Crippen LogP) is 2.67. The number of imidazole rings is 1. The van der Waals surface area contributed by atoms with E-state index in [9.17, 15) is 14.4 Å². The molecule has 2 fully saturated rings. The summed E-state index contributed by atoms with van der Waals surface area (Å²) in [7, 11) is 1.82. The first-order valence-electron chi connectivity index (χ1n) is 10.0. The predicted molar refractivity (Wildman–Crippen MR) is 108 cm³/mol. The van der Waals surface area contributed by atoms with Crippen LogP contribution in [0.2, 0.25) is 0 Å². The first-order valence-corrected chi connectivity index (χ1v) is 10.0. The molecule has 29 heavy (non-hydrogen) atoms. The summed E-state index contributed by atoms with van der Waals surface area (Å²) in [4.78, 5) is 43.1. The Morgan fingerprint density at radius 1 is 1.17 bits per heavy atom. The van der Waals surface area contributed by atoms with Crippen LogP contribution in [0.1, 0.15) is 38.5 Å². The molecular formula is C21H25N5O3. The van der Waals surface area contributed by atoms with E-state index in [1.54, 1.807) is 10.8 Å². The van der Waals surface area contributed by atoms with Crippen LogP contribution in [0.15, 0.2) is 36.5 Å². The van der Waals surface area contributed by atoms with Gasteiger partial charge >= 0.3 is 6.03 Å². The summed E-state index contributed by atoms with van der Waals surface area (Å²) < 4.78 is 1.79. The third-order valence-electron chi connectivity index (χ3n) is 5.69. The molecule has 1 atom stereocenters. The molecule has 0 bridgehead atoms. The number of hydrogen-bond acceptors (Lipinski definition) is 4. The minimum Gasteiger partial charge on any atom is -0.325 e. The van der Waals surface area contributed by atoms with Gasteiger partial charge in [-0.05, 0) is 18.4 Å². The molecule has 8 heteroatoms. The highest BCUT2D eigenvalue weighted by Gasteiger charge is 2.42. The van der Waals surface area contributed by atoms with E-state index in [1.807, 2.05) is 37.4 Å². The zero-order chi connectivity index (χ0) is 20.4. The van der Waals surface area contributed by atoms with Gasteiger partial charge in [0.05, 0.1) is 18.3 Å². The second-order valence-electron chi connectivity index (χ2n) is 7.65. The van der Waals surface area contributed by atoms with Crippen LogP contribution >= 0.6 is 0 Å². The molecule has 1 aliphatic heterocycles. The summed E-state index contributed by atoms with van der Waals surface area (Å²) in [5.41, 5.74) is 1.86. The van der Waals surface area contributed by atoms with E-state index in [1.165, 1.54) is 4.90 Å². The molecule has 4 rings (SSSR count). The minimum atomic E-state index is -0.821. The minimum absolute atomic E-state index is 0.0488. The lowest BCUT2D eigenvalue weighted by atomic mass is 9.94. The number of nitrogens with one attached hydrogen (secondary N) is 2. The van der Waals surface area contributed by atoms with Crippen LogP contribution < -0.4 is 10.6 Å². The van der Waals surface area contributed by atoms with Crippen LogP contribution in [0.5, 0.6) is 0 Å². The molecule has 0 spiro atoms. The third kappa shape index (κ3) is 3.87. The number of nitrogens with zero attached hydrogens (tertiary/aromatic N) is 3. The maximum absolute atomic E-state index is 12.7. The maximum atomic E-state index is 12.7. The fourth-order valence-corrected chi connectivity index (χ4v) is 4.14. The number of imide groups is 1. The van der Waals surface area contributed by atoms with Gasteiger partial charge in [0.2, 0.25) is 11.9 Å². The van der Waals surface area contributed by atoms with E-state index >= 15 is 0 Å². The normalized spacial score (nSPS) is 20.0. The number of benzene rings is 1. The molecule has 1 aromatic carbocycles. The van der Waals surface area contributed by atoms with Gasteiger partial charge in [0.1, 0.15) is 6.04 Å². The van der Waals surface area contributed by atoms with Gasteiger partial charge in [0, 0.05) is 13.1 Å². The van der Waals surface area contributed by atoms with Gasteiger partial charge in [-0.25, -0.2) is 9.78 Å². The first-order chi connectivity index (χ1) is 14.0. The maximum Gasteiger partial charge on any atom is 0.325 e. The molecule has 1 saturated carbocycles. The lowest BCUT2D eigenvalue weighted by molar-refractivity contribution is -0.131. The van der Waals surface area contributed by atoms with Crippen LogP contribution in [0.25, 0.3) is 11.3 Å². The number of rotatable bonds is 5. The van der Waals surface area contributed by atoms with Crippen molar-refractivity contribution in [2.75, 3.05) is 5.32 Å². The van der Waals surface area contributed by atoms with Gasteiger partial charge in [-0.3, -0.25) is 19.8 Å². The second kappa shape index (κ2) is 8.06. The van der Waals surface area contributed by atoms with Gasteiger partial charge in [0.25, 0.3) is 5.91 Å². The molecule has 8 nitrogen and oxygen atoms in total. The fourth-order valence-electron chi connectivity index (χ4n) is 4.14. The number of aromatic nitrogens is 2. The Labute approximate surface area is 169 Å². The summed E-state index contributed by atoms with van der Waals surface area (Å²) in [5.74, 6) is -0.265. The van der Waals surface area contributed by atoms with Gasteiger partial charge in [-0.1, -0.05) is 49.6 Å². The Bertz CT molecular complexity index is 918. The average molecular weight is 395 g/mol. The van der Waals surface area contributed by atoms with E-state index in [0.29, 0.717) is 5.95 Å². The van der Waals surface area contributed by atoms with Crippen molar-refractivity contribution in [3.05, 3.63) is 36.5 Å². The number of carbonyl (C=O) groups is 3. The van der Waals surface area contributed by atoms with E-state index in [4.69, 9.17) is 0 Å². The monoisotopic (exact) mass is 395 g/mol. The number of amides is 4. The number of carbonyl (C=O) groups excluding carboxylic acids is 3. The molecule has 2 aromatic rings. The van der Waals surface area contributed by atoms with Crippen LogP contribution in [0.3, 0.4) is 0 Å². The van der Waals surface area contributed by atoms with Crippen LogP contribution in [-0.4, -0.2) is 44.4 Å². The van der Waals surface area contributed by atoms with Gasteiger partial charge in [-0.15, -0.1) is 0 Å². The molecule has 2 aliphatic rings. The Morgan fingerprint density at radius 2 is 1.90 bits per heavy atom. The largest absolute Gasteiger partial charge is 0.325 e.